The van der Waals surface area contributed by atoms with E-state index in [0.717, 1.165) is 0 Å². The summed E-state index contributed by atoms with van der Waals surface area (Å²) in [5.41, 5.74) is 1.20. The van der Waals surface area contributed by atoms with Crippen molar-refractivity contribution in [2.45, 2.75) is 30.2 Å². The number of benzene rings is 1. The Morgan fingerprint density at radius 1 is 1.04 bits per heavy atom. The molecule has 24 heavy (non-hydrogen) atoms. The van der Waals surface area contributed by atoms with Gasteiger partial charge < -0.3 is 14.6 Å². The van der Waals surface area contributed by atoms with Crippen molar-refractivity contribution in [1.82, 2.24) is 9.97 Å². The third-order valence-electron chi connectivity index (χ3n) is 3.82. The third-order valence-corrected chi connectivity index (χ3v) is 4.96. The van der Waals surface area contributed by atoms with Gasteiger partial charge in [-0.15, -0.1) is 0 Å². The molecular weight excluding hydrogens is 324 g/mol. The predicted octanol–water partition coefficient (Wildman–Crippen LogP) is 3.39. The predicted molar refractivity (Wildman–Crippen MR) is 95.9 cm³/mol. The van der Waals surface area contributed by atoms with Gasteiger partial charge in [-0.05, 0) is 11.5 Å². The van der Waals surface area contributed by atoms with Crippen molar-refractivity contribution in [3.05, 3.63) is 42.0 Å². The maximum atomic E-state index is 9.98. The van der Waals surface area contributed by atoms with Crippen LogP contribution >= 0.6 is 11.8 Å². The maximum Gasteiger partial charge on any atom is 0.220 e. The van der Waals surface area contributed by atoms with Gasteiger partial charge in [-0.25, -0.2) is 0 Å². The van der Waals surface area contributed by atoms with Crippen LogP contribution in [-0.4, -0.2) is 41.2 Å². The summed E-state index contributed by atoms with van der Waals surface area (Å²) < 4.78 is 10.4. The molecule has 0 aliphatic rings. The summed E-state index contributed by atoms with van der Waals surface area (Å²) in [5.74, 6) is 1.44. The molecule has 0 saturated heterocycles. The second-order valence-electron chi connectivity index (χ2n) is 5.75. The molecule has 0 aliphatic heterocycles. The second-order valence-corrected chi connectivity index (χ2v) is 6.96. The van der Waals surface area contributed by atoms with Gasteiger partial charge in [0, 0.05) is 11.2 Å². The van der Waals surface area contributed by atoms with Crippen molar-refractivity contribution in [1.29, 1.82) is 0 Å². The van der Waals surface area contributed by atoms with Crippen molar-refractivity contribution in [2.75, 3.05) is 20.8 Å². The number of aliphatic hydroxyl groups is 1. The molecule has 0 spiro atoms. The number of rotatable bonds is 8. The van der Waals surface area contributed by atoms with Crippen LogP contribution in [-0.2, 0) is 0 Å². The zero-order valence-corrected chi connectivity index (χ0v) is 15.3. The fourth-order valence-electron chi connectivity index (χ4n) is 2.71. The molecule has 0 aliphatic carbocycles. The number of aliphatic hydroxyl groups excluding tert-OH is 1. The summed E-state index contributed by atoms with van der Waals surface area (Å²) in [7, 11) is 3.11. The summed E-state index contributed by atoms with van der Waals surface area (Å²) >= 11 is 1.45. The number of ether oxygens (including phenoxy) is 2. The Morgan fingerprint density at radius 3 is 2.08 bits per heavy atom. The minimum absolute atomic E-state index is 0.0330. The zero-order chi connectivity index (χ0) is 17.5. The molecule has 0 fully saturated rings. The highest BCUT2D eigenvalue weighted by Gasteiger charge is 2.28. The lowest BCUT2D eigenvalue weighted by atomic mass is 9.86. The summed E-state index contributed by atoms with van der Waals surface area (Å²) in [6.07, 6.45) is 0. The number of aromatic nitrogens is 2. The third kappa shape index (κ3) is 4.61. The van der Waals surface area contributed by atoms with Crippen LogP contribution in [0.1, 0.15) is 25.3 Å². The van der Waals surface area contributed by atoms with Crippen molar-refractivity contribution < 1.29 is 14.6 Å². The molecule has 6 heteroatoms. The van der Waals surface area contributed by atoms with Crippen molar-refractivity contribution in [2.24, 2.45) is 5.92 Å². The summed E-state index contributed by atoms with van der Waals surface area (Å²) in [4.78, 5) is 8.72. The SMILES string of the molecule is COc1cc(OC)nc(SC(CO)C(c2ccccc2)C(C)C)n1. The van der Waals surface area contributed by atoms with E-state index in [1.807, 2.05) is 18.2 Å². The van der Waals surface area contributed by atoms with Crippen LogP contribution in [0.5, 0.6) is 11.8 Å². The smallest absolute Gasteiger partial charge is 0.220 e. The van der Waals surface area contributed by atoms with Gasteiger partial charge in [-0.1, -0.05) is 55.9 Å². The maximum absolute atomic E-state index is 9.98. The number of hydrogen-bond acceptors (Lipinski definition) is 6. The molecule has 130 valence electrons. The molecule has 5 nitrogen and oxygen atoms in total. The van der Waals surface area contributed by atoms with E-state index in [2.05, 4.69) is 35.9 Å². The summed E-state index contributed by atoms with van der Waals surface area (Å²) in [6, 6.07) is 11.9. The highest BCUT2D eigenvalue weighted by atomic mass is 32.2. The Hall–Kier alpha value is -1.79. The number of methoxy groups -OCH3 is 2. The minimum Gasteiger partial charge on any atom is -0.481 e. The van der Waals surface area contributed by atoms with Gasteiger partial charge in [0.2, 0.25) is 11.8 Å². The van der Waals surface area contributed by atoms with E-state index in [1.165, 1.54) is 17.3 Å². The number of thioether (sulfide) groups is 1. The van der Waals surface area contributed by atoms with Crippen LogP contribution in [0.2, 0.25) is 0 Å². The van der Waals surface area contributed by atoms with E-state index in [9.17, 15) is 5.11 Å². The lowest BCUT2D eigenvalue weighted by Crippen LogP contribution is -2.24. The van der Waals surface area contributed by atoms with E-state index >= 15 is 0 Å². The van der Waals surface area contributed by atoms with E-state index in [0.29, 0.717) is 22.8 Å². The summed E-state index contributed by atoms with van der Waals surface area (Å²) in [5, 5.41) is 10.5. The number of hydrogen-bond donors (Lipinski definition) is 1. The molecule has 1 N–H and O–H groups in total. The van der Waals surface area contributed by atoms with Crippen molar-refractivity contribution in [3.63, 3.8) is 0 Å². The Kier molecular flexibility index (Phi) is 6.87. The van der Waals surface area contributed by atoms with Crippen LogP contribution in [0.4, 0.5) is 0 Å². The van der Waals surface area contributed by atoms with E-state index in [4.69, 9.17) is 9.47 Å². The normalized spacial score (nSPS) is 13.6. The Bertz CT molecular complexity index is 615. The van der Waals surface area contributed by atoms with Gasteiger partial charge in [0.1, 0.15) is 0 Å². The zero-order valence-electron chi connectivity index (χ0n) is 14.5. The summed E-state index contributed by atoms with van der Waals surface area (Å²) in [6.45, 7) is 4.35. The quantitative estimate of drug-likeness (QED) is 0.583. The Balaban J connectivity index is 2.30. The van der Waals surface area contributed by atoms with Gasteiger partial charge >= 0.3 is 0 Å². The molecule has 2 unspecified atom stereocenters. The topological polar surface area (TPSA) is 64.5 Å². The molecule has 0 bridgehead atoms. The van der Waals surface area contributed by atoms with Crippen LogP contribution in [0.3, 0.4) is 0 Å². The van der Waals surface area contributed by atoms with Crippen LogP contribution < -0.4 is 9.47 Å². The molecule has 1 heterocycles. The average Bonchev–Trinajstić information content (AvgIpc) is 2.61. The first-order valence-electron chi connectivity index (χ1n) is 7.88. The van der Waals surface area contributed by atoms with Gasteiger partial charge in [0.05, 0.1) is 26.9 Å². The first-order chi connectivity index (χ1) is 11.6. The minimum atomic E-state index is -0.0655. The largest absolute Gasteiger partial charge is 0.481 e. The van der Waals surface area contributed by atoms with Crippen molar-refractivity contribution in [3.8, 4) is 11.8 Å². The molecule has 1 aromatic heterocycles. The Labute approximate surface area is 147 Å². The van der Waals surface area contributed by atoms with Crippen LogP contribution in [0.15, 0.2) is 41.6 Å². The number of nitrogens with zero attached hydrogens (tertiary/aromatic N) is 2. The van der Waals surface area contributed by atoms with E-state index in [-0.39, 0.29) is 17.8 Å². The molecule has 0 saturated carbocycles. The monoisotopic (exact) mass is 348 g/mol. The van der Waals surface area contributed by atoms with Gasteiger partial charge in [0.15, 0.2) is 5.16 Å². The molecule has 2 atom stereocenters. The lowest BCUT2D eigenvalue weighted by molar-refractivity contribution is 0.268. The standard InChI is InChI=1S/C18H24N2O3S/c1-12(2)17(13-8-6-5-7-9-13)14(11-21)24-18-19-15(22-3)10-16(20-18)23-4/h5-10,12,14,17,21H,11H2,1-4H3. The van der Waals surface area contributed by atoms with Crippen LogP contribution in [0.25, 0.3) is 0 Å². The first kappa shape index (κ1) is 18.5. The van der Waals surface area contributed by atoms with Crippen LogP contribution in [0, 0.1) is 5.92 Å². The Morgan fingerprint density at radius 2 is 1.62 bits per heavy atom. The van der Waals surface area contributed by atoms with Gasteiger partial charge in [0.25, 0.3) is 0 Å². The molecule has 2 rings (SSSR count). The van der Waals surface area contributed by atoms with Gasteiger partial charge in [-0.2, -0.15) is 9.97 Å². The van der Waals surface area contributed by atoms with E-state index < -0.39 is 0 Å². The fourth-order valence-corrected chi connectivity index (χ4v) is 3.96. The molecular formula is C18H24N2O3S. The highest BCUT2D eigenvalue weighted by molar-refractivity contribution is 7.99. The molecule has 0 amide bonds. The van der Waals surface area contributed by atoms with E-state index in [1.54, 1.807) is 20.3 Å². The second kappa shape index (κ2) is 8.89. The lowest BCUT2D eigenvalue weighted by Gasteiger charge is -2.28. The van der Waals surface area contributed by atoms with Gasteiger partial charge in [-0.3, -0.25) is 0 Å². The first-order valence-corrected chi connectivity index (χ1v) is 8.76. The fraction of sp³-hybridized carbons (Fsp3) is 0.444. The molecule has 2 aromatic rings. The highest BCUT2D eigenvalue weighted by Crippen LogP contribution is 2.37. The average molecular weight is 348 g/mol. The van der Waals surface area contributed by atoms with Crippen molar-refractivity contribution >= 4 is 11.8 Å². The molecule has 1 aromatic carbocycles. The molecule has 0 radical (unpaired) electrons.